The quantitative estimate of drug-likeness (QED) is 0.0270. The highest BCUT2D eigenvalue weighted by Crippen LogP contribution is 2.32. The van der Waals surface area contributed by atoms with E-state index in [-0.39, 0.29) is 112 Å². The van der Waals surface area contributed by atoms with Crippen molar-refractivity contribution in [3.8, 4) is 0 Å². The van der Waals surface area contributed by atoms with Gasteiger partial charge in [0.1, 0.15) is 42.9 Å². The molecule has 0 radical (unpaired) electrons. The van der Waals surface area contributed by atoms with Crippen LogP contribution in [0.5, 0.6) is 0 Å². The number of carbonyl (C=O) groups excluding carboxylic acids is 11. The van der Waals surface area contributed by atoms with Crippen LogP contribution in [0.25, 0.3) is 0 Å². The molecule has 1 aliphatic heterocycles. The van der Waals surface area contributed by atoms with Crippen LogP contribution in [0.4, 0.5) is 0 Å². The minimum atomic E-state index is -1.25. The number of primary amides is 2. The molecule has 2 aromatic carbocycles. The number of benzene rings is 2. The first-order valence-electron chi connectivity index (χ1n) is 30.6. The van der Waals surface area contributed by atoms with Crippen molar-refractivity contribution < 1.29 is 62.2 Å². The Morgan fingerprint density at radius 1 is 0.667 bits per heavy atom. The van der Waals surface area contributed by atoms with E-state index in [1.165, 1.54) is 18.2 Å². The van der Waals surface area contributed by atoms with Crippen molar-refractivity contribution in [3.63, 3.8) is 0 Å². The summed E-state index contributed by atoms with van der Waals surface area (Å²) in [5.74, 6) is -6.61. The van der Waals surface area contributed by atoms with E-state index in [2.05, 4.69) is 52.5 Å². The highest BCUT2D eigenvalue weighted by Gasteiger charge is 2.42. The van der Waals surface area contributed by atoms with Crippen molar-refractivity contribution in [2.45, 2.75) is 146 Å². The van der Waals surface area contributed by atoms with E-state index in [1.54, 1.807) is 6.20 Å². The Balaban J connectivity index is 1.30. The largest absolute Gasteiger partial charge is 0.377 e. The summed E-state index contributed by atoms with van der Waals surface area (Å²) in [5.41, 5.74) is 19.6. The van der Waals surface area contributed by atoms with Gasteiger partial charge >= 0.3 is 0 Å². The van der Waals surface area contributed by atoms with Gasteiger partial charge in [-0.15, -0.1) is 0 Å². The molecule has 7 atom stereocenters. The maximum atomic E-state index is 14.9. The summed E-state index contributed by atoms with van der Waals surface area (Å²) >= 11 is 0. The molecule has 1 saturated heterocycles. The molecule has 2 heterocycles. The highest BCUT2D eigenvalue weighted by molar-refractivity contribution is 8.76. The minimum absolute atomic E-state index is 0.0513. The number of carbonyl (C=O) groups is 11. The number of hydrogen-bond donors (Lipinski definition) is 12. The van der Waals surface area contributed by atoms with Crippen LogP contribution in [0, 0.1) is 5.92 Å². The molecule has 0 saturated carbocycles. The van der Waals surface area contributed by atoms with E-state index in [1.807, 2.05) is 74.5 Å². The van der Waals surface area contributed by atoms with Crippen molar-refractivity contribution in [2.75, 3.05) is 70.7 Å². The zero-order chi connectivity index (χ0) is 65.6. The predicted molar refractivity (Wildman–Crippen MR) is 341 cm³/mol. The summed E-state index contributed by atoms with van der Waals surface area (Å²) in [7, 11) is 2.14. The molecule has 27 nitrogen and oxygen atoms in total. The van der Waals surface area contributed by atoms with Crippen molar-refractivity contribution >= 4 is 86.6 Å². The molecule has 11 amide bonds. The van der Waals surface area contributed by atoms with Gasteiger partial charge in [-0.1, -0.05) is 103 Å². The van der Waals surface area contributed by atoms with E-state index in [0.29, 0.717) is 64.8 Å². The molecular weight excluding hydrogens is 1200 g/mol. The van der Waals surface area contributed by atoms with E-state index < -0.39 is 83.5 Å². The van der Waals surface area contributed by atoms with Gasteiger partial charge in [0, 0.05) is 81.7 Å². The van der Waals surface area contributed by atoms with Crippen molar-refractivity contribution in [1.29, 1.82) is 0 Å². The van der Waals surface area contributed by atoms with Gasteiger partial charge in [-0.2, -0.15) is 0 Å². The van der Waals surface area contributed by atoms with Gasteiger partial charge in [0.15, 0.2) is 0 Å². The number of unbranched alkanes of at least 4 members (excludes halogenated alkanes) is 2. The summed E-state index contributed by atoms with van der Waals surface area (Å²) in [6.07, 6.45) is 7.27. The van der Waals surface area contributed by atoms with E-state index >= 15 is 0 Å². The number of nitrogens with one attached hydrogen (secondary N) is 9. The molecule has 0 unspecified atom stereocenters. The Labute approximate surface area is 534 Å². The highest BCUT2D eigenvalue weighted by atomic mass is 33.1. The normalized spacial score (nSPS) is 14.8. The Bertz CT molecular complexity index is 2700. The number of H-pyrrole nitrogens is 1. The van der Waals surface area contributed by atoms with Gasteiger partial charge in [0.2, 0.25) is 65.0 Å². The minimum Gasteiger partial charge on any atom is -0.377 e. The Kier molecular flexibility index (Phi) is 35.3. The lowest BCUT2D eigenvalue weighted by molar-refractivity contribution is -0.142. The van der Waals surface area contributed by atoms with Crippen molar-refractivity contribution in [2.24, 2.45) is 23.1 Å². The standard InChI is InChI=1S/C61H92N14O13S2/c1-4-40(2)34-52(79)71-45(21-12-14-27-67-53(80)36-88-33-32-87-31-29-66-41(3)76)58(83)68-28-25-51(78)70-46(20-11-13-26-62)59(84)72-47(56(63)81)37-89-90-38-48(57(64)82)73-60(85)49-22-15-30-75(49)61(86)55(74-50(77)24-23-44-35-65-39-69-44)54(42-16-7-5-8-17-42)43-18-9-6-10-19-43/h5-10,16-19,35,39-40,45-49,54-55H,4,11-15,20-34,36-38,62H2,1-3H3,(H2,63,81)(H2,64,82)(H,65,69)(H,66,76)(H,67,80)(H,68,83)(H,70,78)(H,71,79)(H,72,84)(H,73,85)(H,74,77)/t40-,45-,46+,47-,48-,49-,55-/m0/s1. The number of aromatic amines is 1. The van der Waals surface area contributed by atoms with Crippen molar-refractivity contribution in [1.82, 2.24) is 57.4 Å². The van der Waals surface area contributed by atoms with Crippen LogP contribution >= 0.6 is 21.6 Å². The first-order valence-corrected chi connectivity index (χ1v) is 33.1. The van der Waals surface area contributed by atoms with Crippen LogP contribution in [0.1, 0.15) is 121 Å². The molecule has 0 spiro atoms. The molecule has 496 valence electrons. The van der Waals surface area contributed by atoms with Crippen LogP contribution in [0.3, 0.4) is 0 Å². The third kappa shape index (κ3) is 28.5. The fourth-order valence-electron chi connectivity index (χ4n) is 9.61. The Hall–Kier alpha value is -7.60. The topological polar surface area (TPSA) is 412 Å². The van der Waals surface area contributed by atoms with Crippen LogP contribution in [0.2, 0.25) is 0 Å². The summed E-state index contributed by atoms with van der Waals surface area (Å²) < 4.78 is 10.7. The average Bonchev–Trinajstić information content (AvgIpc) is 1.61. The fourth-order valence-corrected chi connectivity index (χ4v) is 12.0. The Morgan fingerprint density at radius 2 is 1.28 bits per heavy atom. The lowest BCUT2D eigenvalue weighted by Gasteiger charge is -2.34. The van der Waals surface area contributed by atoms with Crippen LogP contribution < -0.4 is 59.7 Å². The number of imidazole rings is 1. The molecule has 1 fully saturated rings. The number of aromatic nitrogens is 2. The van der Waals surface area contributed by atoms with Gasteiger partial charge in [0.25, 0.3) is 0 Å². The van der Waals surface area contributed by atoms with E-state index in [9.17, 15) is 52.7 Å². The third-order valence-corrected chi connectivity index (χ3v) is 17.1. The first-order chi connectivity index (χ1) is 43.3. The maximum absolute atomic E-state index is 14.9. The van der Waals surface area contributed by atoms with Gasteiger partial charge in [-0.3, -0.25) is 52.7 Å². The van der Waals surface area contributed by atoms with Crippen LogP contribution in [-0.4, -0.2) is 187 Å². The van der Waals surface area contributed by atoms with Crippen LogP contribution in [0.15, 0.2) is 73.2 Å². The number of rotatable bonds is 45. The molecular formula is C61H92N14O13S2. The lowest BCUT2D eigenvalue weighted by atomic mass is 9.84. The average molecular weight is 1290 g/mol. The van der Waals surface area contributed by atoms with Crippen LogP contribution in [-0.2, 0) is 68.6 Å². The molecule has 1 aromatic heterocycles. The fraction of sp³-hybridized carbons (Fsp3) is 0.574. The number of aryl methyl sites for hydroxylation is 1. The zero-order valence-electron chi connectivity index (χ0n) is 51.8. The van der Waals surface area contributed by atoms with E-state index in [0.717, 1.165) is 44.8 Å². The van der Waals surface area contributed by atoms with Gasteiger partial charge in [-0.05, 0) is 81.4 Å². The summed E-state index contributed by atoms with van der Waals surface area (Å²) in [6.45, 7) is 6.89. The molecule has 0 aliphatic carbocycles. The molecule has 1 aliphatic rings. The SMILES string of the molecule is CC[C@H](C)CC(=O)N[C@@H](CCCCNC(=O)COCCOCCNC(C)=O)C(=O)NCCC(=O)N[C@H](CCCCN)C(=O)N[C@@H](CSSC[C@H](NC(=O)[C@@H]1CCCN1C(=O)[C@@H](NC(=O)CCc1cnc[nH]1)C(c1ccccc1)c1ccccc1)C(N)=O)C(N)=O. The summed E-state index contributed by atoms with van der Waals surface area (Å²) in [6, 6.07) is 11.9. The molecule has 15 N–H and O–H groups in total. The zero-order valence-corrected chi connectivity index (χ0v) is 53.4. The molecule has 29 heteroatoms. The lowest BCUT2D eigenvalue weighted by Crippen LogP contribution is -2.57. The monoisotopic (exact) mass is 1290 g/mol. The number of amides is 11. The Morgan fingerprint density at radius 3 is 1.89 bits per heavy atom. The van der Waals surface area contributed by atoms with E-state index in [4.69, 9.17) is 26.7 Å². The number of hydrogen-bond acceptors (Lipinski definition) is 17. The molecule has 3 aromatic rings. The second-order valence-corrected chi connectivity index (χ2v) is 24.4. The first kappa shape index (κ1) is 74.9. The van der Waals surface area contributed by atoms with Gasteiger partial charge < -0.3 is 79.1 Å². The maximum Gasteiger partial charge on any atom is 0.246 e. The predicted octanol–water partition coefficient (Wildman–Crippen LogP) is 0.469. The number of ether oxygens (including phenoxy) is 2. The third-order valence-electron chi connectivity index (χ3n) is 14.7. The number of nitrogens with zero attached hydrogens (tertiary/aromatic N) is 2. The number of nitrogens with two attached hydrogens (primary N) is 3. The van der Waals surface area contributed by atoms with Gasteiger partial charge in [0.05, 0.1) is 26.1 Å². The summed E-state index contributed by atoms with van der Waals surface area (Å²) in [5, 5.41) is 21.9. The molecule has 0 bridgehead atoms. The second-order valence-electron chi connectivity index (χ2n) is 21.9. The number of likely N-dealkylation sites (tertiary alicyclic amines) is 1. The molecule has 90 heavy (non-hydrogen) atoms. The summed E-state index contributed by atoms with van der Waals surface area (Å²) in [4.78, 5) is 153. The van der Waals surface area contributed by atoms with Gasteiger partial charge in [-0.25, -0.2) is 4.98 Å². The smallest absolute Gasteiger partial charge is 0.246 e. The van der Waals surface area contributed by atoms with Crippen molar-refractivity contribution in [3.05, 3.63) is 90.0 Å². The second kappa shape index (κ2) is 42.4. The molecule has 4 rings (SSSR count).